The standard InChI is InChI=1S/C73H142O17P2/c1-7-9-11-13-15-16-17-18-19-20-21-22-23-26-30-33-39-45-51-57-72(77)89-69(62-84-71(76)56-50-44-38-32-29-27-24-25-28-31-36-41-47-53-65(3)4)64-88-92(81,82)86-60-67(74)59-85-91(79,80)87-63-68(61-83-70(75)55-49-43-35-14-12-10-8-2)90-73(78)58-52-46-40-34-37-42-48-54-66(5)6/h65-69,74H,7-64H2,1-6H3,(H,79,80)(H,81,82)/t67-,68+,69+/m0/s1. The lowest BCUT2D eigenvalue weighted by Gasteiger charge is -2.21. The molecule has 5 atom stereocenters. The van der Waals surface area contributed by atoms with Crippen LogP contribution in [0.15, 0.2) is 0 Å². The minimum atomic E-state index is -4.95. The van der Waals surface area contributed by atoms with Gasteiger partial charge in [-0.25, -0.2) is 9.13 Å². The molecule has 2 unspecified atom stereocenters. The van der Waals surface area contributed by atoms with E-state index in [2.05, 4.69) is 41.5 Å². The van der Waals surface area contributed by atoms with Crippen LogP contribution in [0.25, 0.3) is 0 Å². The van der Waals surface area contributed by atoms with Crippen LogP contribution in [0.2, 0.25) is 0 Å². The Morgan fingerprint density at radius 1 is 0.293 bits per heavy atom. The molecule has 19 heteroatoms. The molecule has 546 valence electrons. The van der Waals surface area contributed by atoms with Crippen LogP contribution in [0.3, 0.4) is 0 Å². The summed E-state index contributed by atoms with van der Waals surface area (Å²) in [6, 6.07) is 0. The van der Waals surface area contributed by atoms with E-state index in [1.54, 1.807) is 0 Å². The predicted molar refractivity (Wildman–Crippen MR) is 372 cm³/mol. The van der Waals surface area contributed by atoms with Gasteiger partial charge in [0.05, 0.1) is 26.4 Å². The Balaban J connectivity index is 5.18. The van der Waals surface area contributed by atoms with Crippen molar-refractivity contribution in [2.24, 2.45) is 11.8 Å². The van der Waals surface area contributed by atoms with Gasteiger partial charge in [-0.05, 0) is 37.5 Å². The lowest BCUT2D eigenvalue weighted by Crippen LogP contribution is -2.30. The van der Waals surface area contributed by atoms with E-state index >= 15 is 0 Å². The highest BCUT2D eigenvalue weighted by molar-refractivity contribution is 7.47. The maximum absolute atomic E-state index is 13.1. The van der Waals surface area contributed by atoms with Crippen molar-refractivity contribution in [2.45, 2.75) is 394 Å². The van der Waals surface area contributed by atoms with Crippen LogP contribution in [0, 0.1) is 11.8 Å². The van der Waals surface area contributed by atoms with Crippen molar-refractivity contribution in [1.82, 2.24) is 0 Å². The highest BCUT2D eigenvalue weighted by Gasteiger charge is 2.30. The van der Waals surface area contributed by atoms with Gasteiger partial charge >= 0.3 is 39.5 Å². The maximum atomic E-state index is 13.1. The topological polar surface area (TPSA) is 237 Å². The molecule has 0 radical (unpaired) electrons. The predicted octanol–water partition coefficient (Wildman–Crippen LogP) is 21.2. The SMILES string of the molecule is CCCCCCCCCCCCCCCCCCCCCC(=O)O[C@H](COC(=O)CCCCCCCCCCCCCCCC(C)C)COP(=O)(O)OC[C@@H](O)COP(=O)(O)OC[C@@H](COC(=O)CCCCCCCCC)OC(=O)CCCCCCCCCC(C)C. The lowest BCUT2D eigenvalue weighted by molar-refractivity contribution is -0.161. The van der Waals surface area contributed by atoms with E-state index in [-0.39, 0.29) is 25.7 Å². The summed E-state index contributed by atoms with van der Waals surface area (Å²) in [7, 11) is -9.90. The van der Waals surface area contributed by atoms with Gasteiger partial charge in [-0.1, -0.05) is 324 Å². The zero-order valence-electron chi connectivity index (χ0n) is 59.9. The van der Waals surface area contributed by atoms with E-state index in [9.17, 15) is 43.2 Å². The number of hydrogen-bond acceptors (Lipinski definition) is 15. The minimum Gasteiger partial charge on any atom is -0.462 e. The van der Waals surface area contributed by atoms with Gasteiger partial charge in [0, 0.05) is 25.7 Å². The van der Waals surface area contributed by atoms with Gasteiger partial charge in [-0.15, -0.1) is 0 Å². The first-order valence-electron chi connectivity index (χ1n) is 38.0. The molecular formula is C73H142O17P2. The number of esters is 4. The summed E-state index contributed by atoms with van der Waals surface area (Å²) >= 11 is 0. The number of aliphatic hydroxyl groups is 1. The molecule has 0 bridgehead atoms. The third-order valence-corrected chi connectivity index (χ3v) is 18.9. The van der Waals surface area contributed by atoms with Crippen molar-refractivity contribution >= 4 is 39.5 Å². The van der Waals surface area contributed by atoms with Crippen LogP contribution < -0.4 is 0 Å². The van der Waals surface area contributed by atoms with E-state index < -0.39 is 97.5 Å². The summed E-state index contributed by atoms with van der Waals surface area (Å²) in [5.41, 5.74) is 0. The molecule has 0 spiro atoms. The van der Waals surface area contributed by atoms with Gasteiger partial charge in [0.2, 0.25) is 0 Å². The summed E-state index contributed by atoms with van der Waals surface area (Å²) < 4.78 is 68.3. The molecule has 0 aromatic rings. The van der Waals surface area contributed by atoms with E-state index in [0.29, 0.717) is 31.6 Å². The van der Waals surface area contributed by atoms with Crippen molar-refractivity contribution in [1.29, 1.82) is 0 Å². The van der Waals surface area contributed by atoms with Crippen molar-refractivity contribution in [2.75, 3.05) is 39.6 Å². The lowest BCUT2D eigenvalue weighted by atomic mass is 10.0. The molecular weight excluding hydrogens is 1210 g/mol. The molecule has 0 aliphatic rings. The number of ether oxygens (including phenoxy) is 4. The fraction of sp³-hybridized carbons (Fsp3) is 0.945. The summed E-state index contributed by atoms with van der Waals surface area (Å²) in [5.74, 6) is -0.640. The third-order valence-electron chi connectivity index (χ3n) is 17.0. The Hall–Kier alpha value is -1.94. The average molecular weight is 1350 g/mol. The van der Waals surface area contributed by atoms with Gasteiger partial charge in [-0.2, -0.15) is 0 Å². The number of hydrogen-bond donors (Lipinski definition) is 3. The minimum absolute atomic E-state index is 0.103. The second-order valence-corrected chi connectivity index (χ2v) is 30.2. The smallest absolute Gasteiger partial charge is 0.462 e. The molecule has 0 heterocycles. The van der Waals surface area contributed by atoms with Crippen LogP contribution in [-0.4, -0.2) is 96.7 Å². The third kappa shape index (κ3) is 66.7. The summed E-state index contributed by atoms with van der Waals surface area (Å²) in [6.07, 6.45) is 51.7. The second kappa shape index (κ2) is 65.0. The Morgan fingerprint density at radius 3 is 0.739 bits per heavy atom. The first-order chi connectivity index (χ1) is 44.4. The number of phosphoric ester groups is 2. The Morgan fingerprint density at radius 2 is 0.500 bits per heavy atom. The van der Waals surface area contributed by atoms with Gasteiger partial charge in [0.25, 0.3) is 0 Å². The quantitative estimate of drug-likeness (QED) is 0.0222. The van der Waals surface area contributed by atoms with Crippen LogP contribution in [0.1, 0.15) is 375 Å². The van der Waals surface area contributed by atoms with Gasteiger partial charge in [-0.3, -0.25) is 37.3 Å². The fourth-order valence-corrected chi connectivity index (χ4v) is 12.7. The van der Waals surface area contributed by atoms with E-state index in [1.807, 2.05) is 0 Å². The van der Waals surface area contributed by atoms with Gasteiger partial charge < -0.3 is 33.8 Å². The number of rotatable bonds is 72. The number of phosphoric acid groups is 2. The molecule has 0 fully saturated rings. The molecule has 92 heavy (non-hydrogen) atoms. The summed E-state index contributed by atoms with van der Waals surface area (Å²) in [6.45, 7) is 9.48. The molecule has 17 nitrogen and oxygen atoms in total. The normalized spacial score (nSPS) is 14.1. The van der Waals surface area contributed by atoms with Crippen molar-refractivity contribution in [3.63, 3.8) is 0 Å². The number of aliphatic hydroxyl groups excluding tert-OH is 1. The molecule has 0 aromatic heterocycles. The first kappa shape index (κ1) is 90.1. The summed E-state index contributed by atoms with van der Waals surface area (Å²) in [4.78, 5) is 72.5. The monoisotopic (exact) mass is 1350 g/mol. The zero-order chi connectivity index (χ0) is 67.9. The fourth-order valence-electron chi connectivity index (χ4n) is 11.1. The molecule has 0 rings (SSSR count). The molecule has 0 aliphatic carbocycles. The van der Waals surface area contributed by atoms with Crippen LogP contribution in [-0.2, 0) is 65.4 Å². The molecule has 0 amide bonds. The number of unbranched alkanes of at least 4 members (excludes halogenated alkanes) is 42. The van der Waals surface area contributed by atoms with Crippen molar-refractivity contribution < 1.29 is 80.2 Å². The zero-order valence-corrected chi connectivity index (χ0v) is 61.6. The van der Waals surface area contributed by atoms with Crippen molar-refractivity contribution in [3.8, 4) is 0 Å². The second-order valence-electron chi connectivity index (χ2n) is 27.3. The number of carbonyl (C=O) groups is 4. The van der Waals surface area contributed by atoms with Crippen LogP contribution in [0.5, 0.6) is 0 Å². The average Bonchev–Trinajstić information content (AvgIpc) is 1.42. The largest absolute Gasteiger partial charge is 0.472 e. The van der Waals surface area contributed by atoms with Gasteiger partial charge in [0.1, 0.15) is 19.3 Å². The first-order valence-corrected chi connectivity index (χ1v) is 41.0. The molecule has 0 aliphatic heterocycles. The maximum Gasteiger partial charge on any atom is 0.472 e. The van der Waals surface area contributed by atoms with Crippen LogP contribution in [0.4, 0.5) is 0 Å². The highest BCUT2D eigenvalue weighted by atomic mass is 31.2. The van der Waals surface area contributed by atoms with Crippen LogP contribution >= 0.6 is 15.6 Å². The Kier molecular flexibility index (Phi) is 63.7. The highest BCUT2D eigenvalue weighted by Crippen LogP contribution is 2.45. The van der Waals surface area contributed by atoms with Crippen molar-refractivity contribution in [3.05, 3.63) is 0 Å². The van der Waals surface area contributed by atoms with E-state index in [0.717, 1.165) is 109 Å². The van der Waals surface area contributed by atoms with Gasteiger partial charge in [0.15, 0.2) is 12.2 Å². The number of carbonyl (C=O) groups excluding carboxylic acids is 4. The van der Waals surface area contributed by atoms with E-state index in [4.69, 9.17) is 37.0 Å². The molecule has 0 saturated carbocycles. The van der Waals surface area contributed by atoms with E-state index in [1.165, 1.54) is 180 Å². The Labute approximate surface area is 562 Å². The Bertz CT molecular complexity index is 1790. The molecule has 3 N–H and O–H groups in total. The molecule has 0 saturated heterocycles. The summed E-state index contributed by atoms with van der Waals surface area (Å²) in [5, 5.41) is 10.6. The molecule has 0 aromatic carbocycles.